The van der Waals surface area contributed by atoms with Gasteiger partial charge in [0.05, 0.1) is 5.92 Å². The van der Waals surface area contributed by atoms with Crippen LogP contribution in [0, 0.1) is 0 Å². The van der Waals surface area contributed by atoms with E-state index in [1.165, 1.54) is 12.8 Å². The van der Waals surface area contributed by atoms with Crippen LogP contribution in [0.25, 0.3) is 0 Å². The van der Waals surface area contributed by atoms with E-state index >= 15 is 0 Å². The van der Waals surface area contributed by atoms with Crippen molar-refractivity contribution in [2.24, 2.45) is 0 Å². The van der Waals surface area contributed by atoms with Crippen molar-refractivity contribution in [3.63, 3.8) is 0 Å². The molecule has 0 bridgehead atoms. The van der Waals surface area contributed by atoms with Gasteiger partial charge in [-0.2, -0.15) is 4.98 Å². The molecule has 1 saturated carbocycles. The van der Waals surface area contributed by atoms with Gasteiger partial charge in [-0.05, 0) is 38.3 Å². The highest BCUT2D eigenvalue weighted by Crippen LogP contribution is 2.40. The molecule has 1 saturated heterocycles. The summed E-state index contributed by atoms with van der Waals surface area (Å²) >= 11 is 0. The third kappa shape index (κ3) is 3.62. The van der Waals surface area contributed by atoms with Gasteiger partial charge in [0, 0.05) is 50.4 Å². The SMILES string of the molecule is CCN(CC)C(=O)N1C[C@@H](c2cccnc2)[C@H](c2nc(C3CCCC3)no2)C1. The van der Waals surface area contributed by atoms with Gasteiger partial charge in [-0.25, -0.2) is 4.79 Å². The molecule has 0 radical (unpaired) electrons. The molecule has 7 nitrogen and oxygen atoms in total. The number of carbonyl (C=O) groups is 1. The number of urea groups is 1. The van der Waals surface area contributed by atoms with Crippen LogP contribution >= 0.6 is 0 Å². The maximum absolute atomic E-state index is 12.9. The lowest BCUT2D eigenvalue weighted by molar-refractivity contribution is 0.166. The fraction of sp³-hybridized carbons (Fsp3) is 0.619. The zero-order chi connectivity index (χ0) is 19.5. The Kier molecular flexibility index (Phi) is 5.59. The number of hydrogen-bond acceptors (Lipinski definition) is 5. The Morgan fingerprint density at radius 2 is 1.96 bits per heavy atom. The van der Waals surface area contributed by atoms with Gasteiger partial charge in [-0.1, -0.05) is 24.1 Å². The van der Waals surface area contributed by atoms with Crippen LogP contribution in [0.2, 0.25) is 0 Å². The summed E-state index contributed by atoms with van der Waals surface area (Å²) in [6, 6.07) is 4.10. The first-order valence-corrected chi connectivity index (χ1v) is 10.5. The average molecular weight is 383 g/mol. The molecule has 2 aromatic heterocycles. The molecule has 28 heavy (non-hydrogen) atoms. The fourth-order valence-corrected chi connectivity index (χ4v) is 4.59. The summed E-state index contributed by atoms with van der Waals surface area (Å²) in [6.07, 6.45) is 8.42. The Bertz CT molecular complexity index is 783. The largest absolute Gasteiger partial charge is 0.339 e. The Hall–Kier alpha value is -2.44. The van der Waals surface area contributed by atoms with E-state index in [1.54, 1.807) is 6.20 Å². The summed E-state index contributed by atoms with van der Waals surface area (Å²) in [5, 5.41) is 4.29. The number of amides is 2. The van der Waals surface area contributed by atoms with Crippen molar-refractivity contribution in [3.05, 3.63) is 41.8 Å². The molecular formula is C21H29N5O2. The molecule has 0 unspecified atom stereocenters. The first kappa shape index (κ1) is 18.9. The maximum atomic E-state index is 12.9. The zero-order valence-corrected chi connectivity index (χ0v) is 16.8. The first-order chi connectivity index (χ1) is 13.7. The number of pyridine rings is 1. The van der Waals surface area contributed by atoms with Crippen LogP contribution in [0.1, 0.15) is 74.6 Å². The fourth-order valence-electron chi connectivity index (χ4n) is 4.59. The van der Waals surface area contributed by atoms with Crippen LogP contribution in [0.5, 0.6) is 0 Å². The maximum Gasteiger partial charge on any atom is 0.320 e. The summed E-state index contributed by atoms with van der Waals surface area (Å²) in [5.74, 6) is 2.04. The van der Waals surface area contributed by atoms with Crippen LogP contribution in [0.4, 0.5) is 4.79 Å². The summed E-state index contributed by atoms with van der Waals surface area (Å²) in [5.41, 5.74) is 1.11. The smallest absolute Gasteiger partial charge is 0.320 e. The van der Waals surface area contributed by atoms with Gasteiger partial charge in [0.2, 0.25) is 5.89 Å². The van der Waals surface area contributed by atoms with Gasteiger partial charge < -0.3 is 14.3 Å². The second kappa shape index (κ2) is 8.29. The number of aromatic nitrogens is 3. The molecule has 4 rings (SSSR count). The second-order valence-corrected chi connectivity index (χ2v) is 7.83. The standard InChI is InChI=1S/C21H29N5O2/c1-3-25(4-2)21(27)26-13-17(16-10-7-11-22-12-16)18(14-26)20-23-19(24-28-20)15-8-5-6-9-15/h7,10-12,15,17-18H,3-6,8-9,13-14H2,1-2H3/t17-,18+/m0/s1. The highest BCUT2D eigenvalue weighted by molar-refractivity contribution is 5.75. The monoisotopic (exact) mass is 383 g/mol. The van der Waals surface area contributed by atoms with Crippen molar-refractivity contribution in [3.8, 4) is 0 Å². The van der Waals surface area contributed by atoms with Crippen LogP contribution in [0.15, 0.2) is 29.0 Å². The molecule has 0 N–H and O–H groups in total. The number of hydrogen-bond donors (Lipinski definition) is 0. The van der Waals surface area contributed by atoms with Crippen LogP contribution in [-0.4, -0.2) is 57.1 Å². The molecule has 3 heterocycles. The minimum absolute atomic E-state index is 0.00589. The summed E-state index contributed by atoms with van der Waals surface area (Å²) < 4.78 is 5.72. The first-order valence-electron chi connectivity index (χ1n) is 10.5. The highest BCUT2D eigenvalue weighted by Gasteiger charge is 2.41. The summed E-state index contributed by atoms with van der Waals surface area (Å²) in [7, 11) is 0. The number of carbonyl (C=O) groups excluding carboxylic acids is 1. The Morgan fingerprint density at radius 1 is 1.21 bits per heavy atom. The molecule has 2 aliphatic rings. The Morgan fingerprint density at radius 3 is 2.64 bits per heavy atom. The minimum Gasteiger partial charge on any atom is -0.339 e. The zero-order valence-electron chi connectivity index (χ0n) is 16.8. The minimum atomic E-state index is 0.00589. The molecule has 1 aliphatic heterocycles. The normalized spacial score (nSPS) is 22.7. The molecule has 0 spiro atoms. The second-order valence-electron chi connectivity index (χ2n) is 7.83. The third-order valence-corrected chi connectivity index (χ3v) is 6.23. The topological polar surface area (TPSA) is 75.4 Å². The van der Waals surface area contributed by atoms with Crippen molar-refractivity contribution in [2.75, 3.05) is 26.2 Å². The van der Waals surface area contributed by atoms with Gasteiger partial charge in [0.15, 0.2) is 5.82 Å². The van der Waals surface area contributed by atoms with Crippen molar-refractivity contribution in [2.45, 2.75) is 57.3 Å². The van der Waals surface area contributed by atoms with Crippen molar-refractivity contribution in [1.82, 2.24) is 24.9 Å². The van der Waals surface area contributed by atoms with E-state index in [0.29, 0.717) is 38.0 Å². The molecule has 1 aliphatic carbocycles. The quantitative estimate of drug-likeness (QED) is 0.786. The molecule has 0 aromatic carbocycles. The molecule has 2 amide bonds. The lowest BCUT2D eigenvalue weighted by Gasteiger charge is -2.26. The van der Waals surface area contributed by atoms with E-state index in [4.69, 9.17) is 9.51 Å². The molecular weight excluding hydrogens is 354 g/mol. The van der Waals surface area contributed by atoms with Gasteiger partial charge in [0.1, 0.15) is 0 Å². The van der Waals surface area contributed by atoms with E-state index in [1.807, 2.05) is 35.9 Å². The number of nitrogens with zero attached hydrogens (tertiary/aromatic N) is 5. The van der Waals surface area contributed by atoms with Crippen LogP contribution in [-0.2, 0) is 0 Å². The molecule has 150 valence electrons. The van der Waals surface area contributed by atoms with E-state index in [0.717, 1.165) is 24.2 Å². The van der Waals surface area contributed by atoms with E-state index in [-0.39, 0.29) is 17.9 Å². The van der Waals surface area contributed by atoms with Gasteiger partial charge in [0.25, 0.3) is 0 Å². The van der Waals surface area contributed by atoms with E-state index in [9.17, 15) is 4.79 Å². The predicted molar refractivity (Wildman–Crippen MR) is 105 cm³/mol. The van der Waals surface area contributed by atoms with E-state index in [2.05, 4.69) is 16.2 Å². The lowest BCUT2D eigenvalue weighted by Crippen LogP contribution is -2.42. The highest BCUT2D eigenvalue weighted by atomic mass is 16.5. The molecule has 2 atom stereocenters. The Balaban J connectivity index is 1.60. The van der Waals surface area contributed by atoms with E-state index < -0.39 is 0 Å². The van der Waals surface area contributed by atoms with Crippen molar-refractivity contribution < 1.29 is 9.32 Å². The molecule has 2 fully saturated rings. The number of likely N-dealkylation sites (tertiary alicyclic amines) is 1. The van der Waals surface area contributed by atoms with Gasteiger partial charge in [-0.3, -0.25) is 4.98 Å². The lowest BCUT2D eigenvalue weighted by atomic mass is 9.90. The summed E-state index contributed by atoms with van der Waals surface area (Å²) in [4.78, 5) is 25.8. The summed E-state index contributed by atoms with van der Waals surface area (Å²) in [6.45, 7) is 6.69. The van der Waals surface area contributed by atoms with Crippen molar-refractivity contribution in [1.29, 1.82) is 0 Å². The van der Waals surface area contributed by atoms with Crippen molar-refractivity contribution >= 4 is 6.03 Å². The number of rotatable bonds is 5. The average Bonchev–Trinajstić information content (AvgIpc) is 3.49. The Labute approximate surface area is 166 Å². The molecule has 7 heteroatoms. The third-order valence-electron chi connectivity index (χ3n) is 6.23. The van der Waals surface area contributed by atoms with Crippen LogP contribution in [0.3, 0.4) is 0 Å². The van der Waals surface area contributed by atoms with Gasteiger partial charge in [-0.15, -0.1) is 0 Å². The molecule has 2 aromatic rings. The predicted octanol–water partition coefficient (Wildman–Crippen LogP) is 3.77. The van der Waals surface area contributed by atoms with Crippen LogP contribution < -0.4 is 0 Å². The van der Waals surface area contributed by atoms with Gasteiger partial charge >= 0.3 is 6.03 Å².